The van der Waals surface area contributed by atoms with Gasteiger partial charge in [0.25, 0.3) is 0 Å². The van der Waals surface area contributed by atoms with E-state index < -0.39 is 0 Å². The molecule has 1 aliphatic heterocycles. The summed E-state index contributed by atoms with van der Waals surface area (Å²) < 4.78 is 5.13. The van der Waals surface area contributed by atoms with Crippen LogP contribution in [0.5, 0.6) is 5.75 Å². The lowest BCUT2D eigenvalue weighted by molar-refractivity contribution is 0.0962. The molecule has 1 aromatic carbocycles. The minimum absolute atomic E-state index is 0.0509. The summed E-state index contributed by atoms with van der Waals surface area (Å²) in [5.41, 5.74) is 1.11. The Labute approximate surface area is 92.7 Å². The molecule has 1 aromatic rings. The van der Waals surface area contributed by atoms with Crippen LogP contribution in [0.2, 0.25) is 5.02 Å². The van der Waals surface area contributed by atoms with Crippen molar-refractivity contribution >= 4 is 29.3 Å². The van der Waals surface area contributed by atoms with Gasteiger partial charge in [-0.1, -0.05) is 18.5 Å². The molecule has 0 bridgehead atoms. The summed E-state index contributed by atoms with van der Waals surface area (Å²) in [5, 5.41) is 0.468. The molecule has 15 heavy (non-hydrogen) atoms. The maximum Gasteiger partial charge on any atom is 0.173 e. The number of nitrogens with zero attached hydrogens (tertiary/aromatic N) is 1. The third kappa shape index (κ3) is 1.53. The Kier molecular flexibility index (Phi) is 2.49. The molecule has 1 atom stereocenters. The first-order valence-corrected chi connectivity index (χ1v) is 4.98. The van der Waals surface area contributed by atoms with E-state index in [-0.39, 0.29) is 11.7 Å². The third-order valence-electron chi connectivity index (χ3n) is 2.39. The number of carbonyl (C=O) groups excluding carboxylic acids is 1. The van der Waals surface area contributed by atoms with Gasteiger partial charge in [-0.15, -0.1) is 0 Å². The number of ketones is 1. The van der Waals surface area contributed by atoms with E-state index in [1.54, 1.807) is 18.3 Å². The van der Waals surface area contributed by atoms with Crippen LogP contribution in [0.1, 0.15) is 17.3 Å². The van der Waals surface area contributed by atoms with Gasteiger partial charge in [0.15, 0.2) is 11.5 Å². The Balaban J connectivity index is 2.67. The Hall–Kier alpha value is -1.35. The van der Waals surface area contributed by atoms with Gasteiger partial charge in [-0.3, -0.25) is 9.79 Å². The average Bonchev–Trinajstić information content (AvgIpc) is 2.23. The second-order valence-corrected chi connectivity index (χ2v) is 3.82. The van der Waals surface area contributed by atoms with E-state index in [0.29, 0.717) is 22.0 Å². The fourth-order valence-corrected chi connectivity index (χ4v) is 1.80. The Morgan fingerprint density at radius 1 is 1.47 bits per heavy atom. The molecular weight excluding hydrogens is 214 g/mol. The monoisotopic (exact) mass is 223 g/mol. The highest BCUT2D eigenvalue weighted by atomic mass is 35.5. The molecule has 0 aromatic heterocycles. The molecule has 2 rings (SSSR count). The van der Waals surface area contributed by atoms with E-state index in [2.05, 4.69) is 4.99 Å². The van der Waals surface area contributed by atoms with Gasteiger partial charge in [-0.25, -0.2) is 0 Å². The minimum Gasteiger partial charge on any atom is -0.493 e. The van der Waals surface area contributed by atoms with Crippen LogP contribution >= 0.6 is 11.6 Å². The van der Waals surface area contributed by atoms with E-state index in [1.165, 1.54) is 7.11 Å². The minimum atomic E-state index is -0.177. The number of hydrogen-bond donors (Lipinski definition) is 0. The van der Waals surface area contributed by atoms with E-state index in [4.69, 9.17) is 16.3 Å². The van der Waals surface area contributed by atoms with Crippen molar-refractivity contribution in [2.45, 2.75) is 6.92 Å². The zero-order valence-corrected chi connectivity index (χ0v) is 9.21. The molecule has 0 N–H and O–H groups in total. The van der Waals surface area contributed by atoms with Crippen LogP contribution in [0.3, 0.4) is 0 Å². The summed E-state index contributed by atoms with van der Waals surface area (Å²) in [7, 11) is 1.51. The summed E-state index contributed by atoms with van der Waals surface area (Å²) in [6.45, 7) is 1.82. The van der Waals surface area contributed by atoms with Crippen molar-refractivity contribution < 1.29 is 9.53 Å². The van der Waals surface area contributed by atoms with Gasteiger partial charge in [0.2, 0.25) is 0 Å². The first-order chi connectivity index (χ1) is 7.15. The lowest BCUT2D eigenvalue weighted by Crippen LogP contribution is -2.16. The van der Waals surface area contributed by atoms with Gasteiger partial charge >= 0.3 is 0 Å². The van der Waals surface area contributed by atoms with Gasteiger partial charge in [-0.05, 0) is 12.1 Å². The number of halogens is 1. The molecule has 0 spiro atoms. The number of aliphatic imine (C=N–C) groups is 1. The standard InChI is InChI=1S/C11H10ClNO2/c1-6-5-13-9-7(10(6)14)3-4-8(12)11(9)15-2/h3-6H,1-2H3. The van der Waals surface area contributed by atoms with Crippen molar-refractivity contribution in [2.24, 2.45) is 10.9 Å². The van der Waals surface area contributed by atoms with Crippen molar-refractivity contribution in [3.8, 4) is 5.75 Å². The topological polar surface area (TPSA) is 38.7 Å². The number of fused-ring (bicyclic) bond motifs is 1. The summed E-state index contributed by atoms with van der Waals surface area (Å²) in [6, 6.07) is 3.35. The lowest BCUT2D eigenvalue weighted by atomic mass is 9.96. The van der Waals surface area contributed by atoms with Crippen LogP contribution in [0, 0.1) is 5.92 Å². The first kappa shape index (κ1) is 10.2. The molecule has 0 saturated carbocycles. The molecule has 1 unspecified atom stereocenters. The second kappa shape index (κ2) is 3.66. The molecule has 1 aliphatic rings. The highest BCUT2D eigenvalue weighted by Crippen LogP contribution is 2.40. The quantitative estimate of drug-likeness (QED) is 0.734. The third-order valence-corrected chi connectivity index (χ3v) is 2.69. The maximum atomic E-state index is 11.8. The molecule has 78 valence electrons. The molecule has 0 aliphatic carbocycles. The summed E-state index contributed by atoms with van der Waals surface area (Å²) in [4.78, 5) is 16.0. The van der Waals surface area contributed by atoms with Crippen molar-refractivity contribution in [1.29, 1.82) is 0 Å². The van der Waals surface area contributed by atoms with Gasteiger partial charge in [0, 0.05) is 11.8 Å². The fraction of sp³-hybridized carbons (Fsp3) is 0.273. The van der Waals surface area contributed by atoms with E-state index >= 15 is 0 Å². The van der Waals surface area contributed by atoms with Crippen molar-refractivity contribution in [1.82, 2.24) is 0 Å². The van der Waals surface area contributed by atoms with Crippen LogP contribution < -0.4 is 4.74 Å². The van der Waals surface area contributed by atoms with Crippen LogP contribution in [0.25, 0.3) is 0 Å². The van der Waals surface area contributed by atoms with Crippen LogP contribution in [-0.4, -0.2) is 19.1 Å². The first-order valence-electron chi connectivity index (χ1n) is 4.60. The Bertz CT molecular complexity index is 454. The number of methoxy groups -OCH3 is 1. The molecule has 0 saturated heterocycles. The molecule has 4 heteroatoms. The zero-order valence-electron chi connectivity index (χ0n) is 8.45. The molecule has 0 fully saturated rings. The molecule has 1 heterocycles. The number of Topliss-reactive ketones (excluding diaryl/α,β-unsaturated/α-hetero) is 1. The molecule has 3 nitrogen and oxygen atoms in total. The molecule has 0 amide bonds. The lowest BCUT2D eigenvalue weighted by Gasteiger charge is -2.16. The van der Waals surface area contributed by atoms with Crippen molar-refractivity contribution in [3.05, 3.63) is 22.7 Å². The van der Waals surface area contributed by atoms with Gasteiger partial charge in [0.1, 0.15) is 5.69 Å². The van der Waals surface area contributed by atoms with E-state index in [0.717, 1.165) is 0 Å². The van der Waals surface area contributed by atoms with Crippen LogP contribution in [-0.2, 0) is 0 Å². The summed E-state index contributed by atoms with van der Waals surface area (Å²) >= 11 is 5.94. The van der Waals surface area contributed by atoms with Crippen LogP contribution in [0.15, 0.2) is 17.1 Å². The van der Waals surface area contributed by atoms with Crippen molar-refractivity contribution in [2.75, 3.05) is 7.11 Å². The second-order valence-electron chi connectivity index (χ2n) is 3.41. The fourth-order valence-electron chi connectivity index (χ4n) is 1.57. The largest absolute Gasteiger partial charge is 0.493 e. The zero-order chi connectivity index (χ0) is 11.0. The predicted octanol–water partition coefficient (Wildman–Crippen LogP) is 2.88. The highest BCUT2D eigenvalue weighted by molar-refractivity contribution is 6.33. The predicted molar refractivity (Wildman–Crippen MR) is 59.7 cm³/mol. The smallest absolute Gasteiger partial charge is 0.173 e. The number of rotatable bonds is 1. The molecular formula is C11H10ClNO2. The molecule has 0 radical (unpaired) electrons. The number of hydrogen-bond acceptors (Lipinski definition) is 3. The van der Waals surface area contributed by atoms with Gasteiger partial charge in [-0.2, -0.15) is 0 Å². The van der Waals surface area contributed by atoms with E-state index in [1.807, 2.05) is 6.92 Å². The number of ether oxygens (including phenoxy) is 1. The normalized spacial score (nSPS) is 18.9. The van der Waals surface area contributed by atoms with Gasteiger partial charge in [0.05, 0.1) is 18.1 Å². The highest BCUT2D eigenvalue weighted by Gasteiger charge is 2.24. The Morgan fingerprint density at radius 3 is 2.87 bits per heavy atom. The summed E-state index contributed by atoms with van der Waals surface area (Å²) in [5.74, 6) is 0.337. The van der Waals surface area contributed by atoms with E-state index in [9.17, 15) is 4.79 Å². The maximum absolute atomic E-state index is 11.8. The van der Waals surface area contributed by atoms with Crippen LogP contribution in [0.4, 0.5) is 5.69 Å². The number of carbonyl (C=O) groups is 1. The summed E-state index contributed by atoms with van der Waals surface area (Å²) in [6.07, 6.45) is 1.61. The average molecular weight is 224 g/mol. The SMILES string of the molecule is COc1c(Cl)ccc2c1N=CC(C)C2=O. The number of benzene rings is 1. The van der Waals surface area contributed by atoms with Crippen molar-refractivity contribution in [3.63, 3.8) is 0 Å². The van der Waals surface area contributed by atoms with Gasteiger partial charge < -0.3 is 4.74 Å². The Morgan fingerprint density at radius 2 is 2.20 bits per heavy atom.